The molecule has 0 aliphatic carbocycles. The van der Waals surface area contributed by atoms with E-state index in [-0.39, 0.29) is 17.7 Å². The molecule has 2 aromatic heterocycles. The molecular formula is C22H25N5O3. The standard InChI is InChI=1S/C22H25N5O3/c1-3-27-14-17(13-23-27)24-21(28)15-8-10-26(11-9-15)22(29)20-6-4-16-12-18(30-2)5-7-19(16)25-20/h4-7,12-15H,3,8-11H2,1-2H3,(H,24,28). The summed E-state index contributed by atoms with van der Waals surface area (Å²) in [5.41, 5.74) is 1.88. The van der Waals surface area contributed by atoms with Gasteiger partial charge in [0.2, 0.25) is 5.91 Å². The molecule has 0 radical (unpaired) electrons. The van der Waals surface area contributed by atoms with Crippen molar-refractivity contribution >= 4 is 28.4 Å². The Bertz CT molecular complexity index is 1070. The molecule has 3 aromatic rings. The number of benzene rings is 1. The Labute approximate surface area is 174 Å². The number of ether oxygens (including phenoxy) is 1. The second-order valence-electron chi connectivity index (χ2n) is 7.40. The summed E-state index contributed by atoms with van der Waals surface area (Å²) in [6.07, 6.45) is 4.73. The molecule has 4 rings (SSSR count). The molecule has 1 N–H and O–H groups in total. The van der Waals surface area contributed by atoms with Gasteiger partial charge in [-0.05, 0) is 44.0 Å². The topological polar surface area (TPSA) is 89.4 Å². The zero-order chi connectivity index (χ0) is 21.1. The molecule has 0 unspecified atom stereocenters. The summed E-state index contributed by atoms with van der Waals surface area (Å²) in [5.74, 6) is 0.521. The summed E-state index contributed by atoms with van der Waals surface area (Å²) in [5, 5.41) is 8.02. The molecule has 3 heterocycles. The van der Waals surface area contributed by atoms with Crippen molar-refractivity contribution in [3.63, 3.8) is 0 Å². The normalized spacial score (nSPS) is 14.7. The number of amides is 2. The van der Waals surface area contributed by atoms with Gasteiger partial charge >= 0.3 is 0 Å². The Morgan fingerprint density at radius 2 is 2.00 bits per heavy atom. The second-order valence-corrected chi connectivity index (χ2v) is 7.40. The second kappa shape index (κ2) is 8.52. The average Bonchev–Trinajstić information content (AvgIpc) is 3.25. The Hall–Kier alpha value is -3.42. The van der Waals surface area contributed by atoms with Crippen molar-refractivity contribution in [1.82, 2.24) is 19.7 Å². The monoisotopic (exact) mass is 407 g/mol. The first kappa shape index (κ1) is 19.9. The van der Waals surface area contributed by atoms with Crippen molar-refractivity contribution in [2.45, 2.75) is 26.3 Å². The zero-order valence-corrected chi connectivity index (χ0v) is 17.2. The van der Waals surface area contributed by atoms with E-state index in [9.17, 15) is 9.59 Å². The lowest BCUT2D eigenvalue weighted by molar-refractivity contribution is -0.121. The van der Waals surface area contributed by atoms with E-state index < -0.39 is 0 Å². The van der Waals surface area contributed by atoms with Crippen molar-refractivity contribution < 1.29 is 14.3 Å². The largest absolute Gasteiger partial charge is 0.497 e. The number of fused-ring (bicyclic) bond motifs is 1. The highest BCUT2D eigenvalue weighted by molar-refractivity contribution is 5.96. The summed E-state index contributed by atoms with van der Waals surface area (Å²) in [6, 6.07) is 9.20. The van der Waals surface area contributed by atoms with Crippen LogP contribution in [-0.4, -0.2) is 51.7 Å². The lowest BCUT2D eigenvalue weighted by atomic mass is 9.95. The fourth-order valence-electron chi connectivity index (χ4n) is 3.70. The average molecular weight is 407 g/mol. The molecule has 2 amide bonds. The summed E-state index contributed by atoms with van der Waals surface area (Å²) in [7, 11) is 1.62. The first-order valence-corrected chi connectivity index (χ1v) is 10.1. The van der Waals surface area contributed by atoms with E-state index >= 15 is 0 Å². The maximum atomic E-state index is 12.9. The van der Waals surface area contributed by atoms with Gasteiger partial charge in [-0.15, -0.1) is 0 Å². The van der Waals surface area contributed by atoms with Crippen molar-refractivity contribution in [1.29, 1.82) is 0 Å². The van der Waals surface area contributed by atoms with Crippen LogP contribution in [0.2, 0.25) is 0 Å². The summed E-state index contributed by atoms with van der Waals surface area (Å²) < 4.78 is 7.00. The van der Waals surface area contributed by atoms with E-state index in [1.807, 2.05) is 37.4 Å². The van der Waals surface area contributed by atoms with Crippen molar-refractivity contribution in [3.05, 3.63) is 48.4 Å². The lowest BCUT2D eigenvalue weighted by Crippen LogP contribution is -2.41. The molecule has 1 aliphatic heterocycles. The fourth-order valence-corrected chi connectivity index (χ4v) is 3.70. The molecule has 8 heteroatoms. The zero-order valence-electron chi connectivity index (χ0n) is 17.2. The number of carbonyl (C=O) groups is 2. The molecule has 156 valence electrons. The van der Waals surface area contributed by atoms with Gasteiger partial charge in [0.05, 0.1) is 24.5 Å². The SMILES string of the molecule is CCn1cc(NC(=O)C2CCN(C(=O)c3ccc4cc(OC)ccc4n3)CC2)cn1. The number of nitrogens with one attached hydrogen (secondary N) is 1. The molecule has 1 saturated heterocycles. The number of piperidine rings is 1. The van der Waals surface area contributed by atoms with E-state index in [1.165, 1.54) is 0 Å². The maximum absolute atomic E-state index is 12.9. The van der Waals surface area contributed by atoms with Crippen LogP contribution in [0.1, 0.15) is 30.3 Å². The van der Waals surface area contributed by atoms with Crippen LogP contribution in [0.15, 0.2) is 42.7 Å². The van der Waals surface area contributed by atoms with Crippen LogP contribution < -0.4 is 10.1 Å². The molecular weight excluding hydrogens is 382 g/mol. The molecule has 0 spiro atoms. The quantitative estimate of drug-likeness (QED) is 0.702. The number of likely N-dealkylation sites (tertiary alicyclic amines) is 1. The van der Waals surface area contributed by atoms with Crippen molar-refractivity contribution in [2.75, 3.05) is 25.5 Å². The number of rotatable bonds is 5. The Kier molecular flexibility index (Phi) is 5.65. The van der Waals surface area contributed by atoms with Crippen LogP contribution in [0.5, 0.6) is 5.75 Å². The molecule has 30 heavy (non-hydrogen) atoms. The number of nitrogens with zero attached hydrogens (tertiary/aromatic N) is 4. The highest BCUT2D eigenvalue weighted by Gasteiger charge is 2.28. The number of pyridine rings is 1. The smallest absolute Gasteiger partial charge is 0.272 e. The number of methoxy groups -OCH3 is 1. The molecule has 1 aromatic carbocycles. The number of aryl methyl sites for hydroxylation is 1. The third-order valence-corrected chi connectivity index (χ3v) is 5.49. The van der Waals surface area contributed by atoms with Gasteiger partial charge in [-0.3, -0.25) is 14.3 Å². The van der Waals surface area contributed by atoms with E-state index in [2.05, 4.69) is 15.4 Å². The first-order chi connectivity index (χ1) is 14.6. The van der Waals surface area contributed by atoms with Crippen LogP contribution >= 0.6 is 0 Å². The van der Waals surface area contributed by atoms with Crippen molar-refractivity contribution in [3.8, 4) is 5.75 Å². The van der Waals surface area contributed by atoms with E-state index in [0.717, 1.165) is 23.2 Å². The predicted molar refractivity (Wildman–Crippen MR) is 113 cm³/mol. The van der Waals surface area contributed by atoms with Crippen molar-refractivity contribution in [2.24, 2.45) is 5.92 Å². The van der Waals surface area contributed by atoms with Crippen LogP contribution in [0.25, 0.3) is 10.9 Å². The van der Waals surface area contributed by atoms with Gasteiger partial charge in [-0.2, -0.15) is 5.10 Å². The molecule has 1 aliphatic rings. The van der Waals surface area contributed by atoms with Crippen LogP contribution in [-0.2, 0) is 11.3 Å². The number of anilines is 1. The Morgan fingerprint density at radius 1 is 1.20 bits per heavy atom. The number of hydrogen-bond donors (Lipinski definition) is 1. The summed E-state index contributed by atoms with van der Waals surface area (Å²) in [6.45, 7) is 3.82. The molecule has 0 saturated carbocycles. The molecule has 0 atom stereocenters. The minimum absolute atomic E-state index is 0.0180. The van der Waals surface area contributed by atoms with Crippen LogP contribution in [0, 0.1) is 5.92 Å². The van der Waals surface area contributed by atoms with Gasteiger partial charge < -0.3 is 15.0 Å². The maximum Gasteiger partial charge on any atom is 0.272 e. The minimum atomic E-state index is -0.115. The summed E-state index contributed by atoms with van der Waals surface area (Å²) in [4.78, 5) is 31.7. The summed E-state index contributed by atoms with van der Waals surface area (Å²) >= 11 is 0. The predicted octanol–water partition coefficient (Wildman–Crippen LogP) is 2.95. The lowest BCUT2D eigenvalue weighted by Gasteiger charge is -2.31. The van der Waals surface area contributed by atoms with Gasteiger partial charge in [-0.25, -0.2) is 4.98 Å². The highest BCUT2D eigenvalue weighted by Crippen LogP contribution is 2.23. The van der Waals surface area contributed by atoms with E-state index in [1.54, 1.807) is 29.0 Å². The first-order valence-electron chi connectivity index (χ1n) is 10.1. The minimum Gasteiger partial charge on any atom is -0.497 e. The highest BCUT2D eigenvalue weighted by atomic mass is 16.5. The Morgan fingerprint density at radius 3 is 2.70 bits per heavy atom. The van der Waals surface area contributed by atoms with Crippen LogP contribution in [0.3, 0.4) is 0 Å². The molecule has 0 bridgehead atoms. The molecule has 1 fully saturated rings. The fraction of sp³-hybridized carbons (Fsp3) is 0.364. The molecule has 8 nitrogen and oxygen atoms in total. The van der Waals surface area contributed by atoms with E-state index in [4.69, 9.17) is 4.74 Å². The number of hydrogen-bond acceptors (Lipinski definition) is 5. The third-order valence-electron chi connectivity index (χ3n) is 5.49. The van der Waals surface area contributed by atoms with Gasteiger partial charge in [0.15, 0.2) is 0 Å². The number of aromatic nitrogens is 3. The number of carbonyl (C=O) groups excluding carboxylic acids is 2. The third kappa shape index (κ3) is 4.12. The van der Waals surface area contributed by atoms with Gasteiger partial charge in [0.25, 0.3) is 5.91 Å². The van der Waals surface area contributed by atoms with E-state index in [0.29, 0.717) is 37.3 Å². The van der Waals surface area contributed by atoms with Gasteiger partial charge in [0, 0.05) is 37.1 Å². The Balaban J connectivity index is 1.36. The van der Waals surface area contributed by atoms with Gasteiger partial charge in [-0.1, -0.05) is 6.07 Å². The van der Waals surface area contributed by atoms with Gasteiger partial charge in [0.1, 0.15) is 11.4 Å². The van der Waals surface area contributed by atoms with Crippen LogP contribution in [0.4, 0.5) is 5.69 Å².